The third-order valence-corrected chi connectivity index (χ3v) is 4.55. The van der Waals surface area contributed by atoms with Crippen molar-refractivity contribution < 1.29 is 40.3 Å². The van der Waals surface area contributed by atoms with Crippen LogP contribution in [0.25, 0.3) is 5.57 Å². The smallest absolute Gasteiger partial charge is 0.292 e. The zero-order chi connectivity index (χ0) is 22.1. The number of pyridine rings is 1. The Morgan fingerprint density at radius 3 is 2.33 bits per heavy atom. The van der Waals surface area contributed by atoms with Crippen molar-refractivity contribution in [3.05, 3.63) is 71.6 Å². The van der Waals surface area contributed by atoms with Gasteiger partial charge in [0.2, 0.25) is 5.78 Å². The number of alkyl halides is 5. The number of rotatable bonds is 5. The van der Waals surface area contributed by atoms with Crippen molar-refractivity contribution in [3.8, 4) is 0 Å². The molecular weight excluding hydrogens is 419 g/mol. The third kappa shape index (κ3) is 4.86. The van der Waals surface area contributed by atoms with E-state index in [4.69, 9.17) is 0 Å². The van der Waals surface area contributed by atoms with Crippen LogP contribution in [0.15, 0.2) is 60.4 Å². The molecule has 0 N–H and O–H groups in total. The van der Waals surface area contributed by atoms with Crippen molar-refractivity contribution in [2.75, 3.05) is 0 Å². The highest BCUT2D eigenvalue weighted by molar-refractivity contribution is 5.91. The summed E-state index contributed by atoms with van der Waals surface area (Å²) in [4.78, 5) is 15.7. The summed E-state index contributed by atoms with van der Waals surface area (Å²) in [6.45, 7) is 0. The van der Waals surface area contributed by atoms with E-state index in [1.807, 2.05) is 0 Å². The normalized spacial score (nSPS) is 22.3. The highest BCUT2D eigenvalue weighted by Crippen LogP contribution is 2.37. The molecule has 2 atom stereocenters. The number of halogens is 7. The SMILES string of the molecule is O=C(C1CC=C(F)C=C1F)C(F)(F)c1ccc(C2=CCC(OC(F)(F)F)C=C2)cn1. The van der Waals surface area contributed by atoms with Gasteiger partial charge in [-0.2, -0.15) is 8.78 Å². The number of Topliss-reactive ketones (excluding diaryl/α,β-unsaturated/α-hetero) is 1. The second-order valence-electron chi connectivity index (χ2n) is 6.63. The average Bonchev–Trinajstić information content (AvgIpc) is 2.67. The van der Waals surface area contributed by atoms with Crippen LogP contribution in [0.2, 0.25) is 0 Å². The predicted molar refractivity (Wildman–Crippen MR) is 92.3 cm³/mol. The summed E-state index contributed by atoms with van der Waals surface area (Å²) >= 11 is 0. The van der Waals surface area contributed by atoms with Crippen molar-refractivity contribution in [1.82, 2.24) is 4.98 Å². The molecule has 0 saturated carbocycles. The summed E-state index contributed by atoms with van der Waals surface area (Å²) in [7, 11) is 0. The minimum Gasteiger partial charge on any atom is -0.292 e. The Labute approximate surface area is 166 Å². The van der Waals surface area contributed by atoms with E-state index in [9.17, 15) is 35.5 Å². The number of hydrogen-bond donors (Lipinski definition) is 0. The Balaban J connectivity index is 1.72. The van der Waals surface area contributed by atoms with Gasteiger partial charge in [-0.1, -0.05) is 24.3 Å². The molecular formula is C20H14F7NO2. The van der Waals surface area contributed by atoms with E-state index >= 15 is 0 Å². The van der Waals surface area contributed by atoms with Gasteiger partial charge in [0.1, 0.15) is 17.3 Å². The van der Waals surface area contributed by atoms with E-state index in [-0.39, 0.29) is 6.42 Å². The summed E-state index contributed by atoms with van der Waals surface area (Å²) in [5, 5.41) is 0. The van der Waals surface area contributed by atoms with Crippen LogP contribution in [0.1, 0.15) is 24.1 Å². The van der Waals surface area contributed by atoms with E-state index < -0.39 is 53.9 Å². The van der Waals surface area contributed by atoms with Crippen LogP contribution in [-0.2, 0) is 15.5 Å². The van der Waals surface area contributed by atoms with Crippen LogP contribution in [0.4, 0.5) is 30.7 Å². The molecule has 0 amide bonds. The third-order valence-electron chi connectivity index (χ3n) is 4.55. The Hall–Kier alpha value is -2.75. The fourth-order valence-corrected chi connectivity index (χ4v) is 3.04. The number of carbonyl (C=O) groups is 1. The molecule has 0 saturated heterocycles. The minimum atomic E-state index is -4.78. The van der Waals surface area contributed by atoms with E-state index in [1.54, 1.807) is 0 Å². The average molecular weight is 433 g/mol. The summed E-state index contributed by atoms with van der Waals surface area (Å²) in [5.74, 6) is -9.90. The highest BCUT2D eigenvalue weighted by atomic mass is 19.4. The van der Waals surface area contributed by atoms with Gasteiger partial charge in [0.05, 0.1) is 12.0 Å². The number of ketones is 1. The molecule has 2 aliphatic carbocycles. The second-order valence-corrected chi connectivity index (χ2v) is 6.63. The molecule has 0 aliphatic heterocycles. The molecule has 2 aliphatic rings. The minimum absolute atomic E-state index is 0.0842. The highest BCUT2D eigenvalue weighted by Gasteiger charge is 2.47. The maximum atomic E-state index is 14.5. The molecule has 1 aromatic heterocycles. The van der Waals surface area contributed by atoms with Gasteiger partial charge < -0.3 is 0 Å². The maximum absolute atomic E-state index is 14.5. The number of nitrogens with zero attached hydrogens (tertiary/aromatic N) is 1. The zero-order valence-electron chi connectivity index (χ0n) is 15.1. The molecule has 0 spiro atoms. The van der Waals surface area contributed by atoms with E-state index in [0.717, 1.165) is 18.3 Å². The summed E-state index contributed by atoms with van der Waals surface area (Å²) < 4.78 is 96.3. The van der Waals surface area contributed by atoms with Crippen molar-refractivity contribution >= 4 is 11.4 Å². The lowest BCUT2D eigenvalue weighted by molar-refractivity contribution is -0.335. The van der Waals surface area contributed by atoms with Gasteiger partial charge in [-0.25, -0.2) is 8.78 Å². The summed E-state index contributed by atoms with van der Waals surface area (Å²) in [6, 6.07) is 2.10. The Kier molecular flexibility index (Phi) is 5.98. The Bertz CT molecular complexity index is 943. The quantitative estimate of drug-likeness (QED) is 0.558. The van der Waals surface area contributed by atoms with E-state index in [2.05, 4.69) is 9.72 Å². The van der Waals surface area contributed by atoms with Crippen LogP contribution < -0.4 is 0 Å². The van der Waals surface area contributed by atoms with E-state index in [0.29, 0.717) is 17.2 Å². The van der Waals surface area contributed by atoms with Gasteiger partial charge in [-0.15, -0.1) is 13.2 Å². The van der Waals surface area contributed by atoms with Gasteiger partial charge in [0, 0.05) is 12.3 Å². The molecule has 3 rings (SSSR count). The maximum Gasteiger partial charge on any atom is 0.523 e. The molecule has 1 heterocycles. The number of carbonyl (C=O) groups excluding carboxylic acids is 1. The molecule has 0 bridgehead atoms. The fourth-order valence-electron chi connectivity index (χ4n) is 3.04. The largest absolute Gasteiger partial charge is 0.523 e. The number of aromatic nitrogens is 1. The first-order valence-electron chi connectivity index (χ1n) is 8.72. The molecule has 0 fully saturated rings. The van der Waals surface area contributed by atoms with Gasteiger partial charge in [-0.3, -0.25) is 14.5 Å². The van der Waals surface area contributed by atoms with Gasteiger partial charge >= 0.3 is 12.3 Å². The van der Waals surface area contributed by atoms with Crippen LogP contribution in [0.5, 0.6) is 0 Å². The summed E-state index contributed by atoms with van der Waals surface area (Å²) in [5.41, 5.74) is -0.150. The first-order chi connectivity index (χ1) is 14.0. The molecule has 30 heavy (non-hydrogen) atoms. The zero-order valence-corrected chi connectivity index (χ0v) is 15.1. The molecule has 160 valence electrons. The lowest BCUT2D eigenvalue weighted by Gasteiger charge is -2.22. The van der Waals surface area contributed by atoms with Gasteiger partial charge in [0.15, 0.2) is 0 Å². The van der Waals surface area contributed by atoms with Crippen molar-refractivity contribution in [3.63, 3.8) is 0 Å². The van der Waals surface area contributed by atoms with Crippen molar-refractivity contribution in [2.45, 2.75) is 31.2 Å². The van der Waals surface area contributed by atoms with Gasteiger partial charge in [-0.05, 0) is 36.1 Å². The molecule has 2 unspecified atom stereocenters. The molecule has 0 radical (unpaired) electrons. The predicted octanol–water partition coefficient (Wildman–Crippen LogP) is 5.72. The number of hydrogen-bond acceptors (Lipinski definition) is 3. The van der Waals surface area contributed by atoms with Crippen LogP contribution in [-0.4, -0.2) is 23.2 Å². The second kappa shape index (κ2) is 8.17. The fraction of sp³-hybridized carbons (Fsp3) is 0.300. The molecule has 3 nitrogen and oxygen atoms in total. The van der Waals surface area contributed by atoms with Crippen LogP contribution >= 0.6 is 0 Å². The van der Waals surface area contributed by atoms with Gasteiger partial charge in [0.25, 0.3) is 0 Å². The first-order valence-corrected chi connectivity index (χ1v) is 8.72. The van der Waals surface area contributed by atoms with Crippen molar-refractivity contribution in [2.24, 2.45) is 5.92 Å². The lowest BCUT2D eigenvalue weighted by atomic mass is 9.89. The molecule has 10 heteroatoms. The summed E-state index contributed by atoms with van der Waals surface area (Å²) in [6.07, 6.45) is -0.381. The number of allylic oxidation sites excluding steroid dienone is 6. The van der Waals surface area contributed by atoms with Crippen LogP contribution in [0.3, 0.4) is 0 Å². The van der Waals surface area contributed by atoms with Crippen molar-refractivity contribution in [1.29, 1.82) is 0 Å². The first kappa shape index (κ1) is 21.9. The topological polar surface area (TPSA) is 39.2 Å². The Morgan fingerprint density at radius 1 is 1.07 bits per heavy atom. The number of ether oxygens (including phenoxy) is 1. The van der Waals surface area contributed by atoms with E-state index in [1.165, 1.54) is 24.3 Å². The molecule has 0 aromatic carbocycles. The standard InChI is InChI=1S/C20H14F7NO2/c21-13-4-7-15(16(22)9-13)18(29)19(23,24)17-8-3-12(10-28-17)11-1-5-14(6-2-11)30-20(25,26)27/h1-5,8-10,14-15H,6-7H2. The van der Waals surface area contributed by atoms with Crippen LogP contribution in [0, 0.1) is 5.92 Å². The Morgan fingerprint density at radius 2 is 1.80 bits per heavy atom. The monoisotopic (exact) mass is 433 g/mol. The lowest BCUT2D eigenvalue weighted by Crippen LogP contribution is -2.34. The molecule has 1 aromatic rings.